The van der Waals surface area contributed by atoms with Crippen LogP contribution in [0, 0.1) is 13.8 Å². The molecule has 2 aromatic rings. The summed E-state index contributed by atoms with van der Waals surface area (Å²) in [6, 6.07) is 9.47. The summed E-state index contributed by atoms with van der Waals surface area (Å²) in [5.41, 5.74) is 5.30. The predicted octanol–water partition coefficient (Wildman–Crippen LogP) is 4.34. The Kier molecular flexibility index (Phi) is 8.03. The maximum absolute atomic E-state index is 11.9. The number of carbonyl (C=O) groups excluding carboxylic acids is 1. The van der Waals surface area contributed by atoms with Crippen LogP contribution < -0.4 is 4.74 Å². The fraction of sp³-hybridized carbons (Fsp3) is 0.435. The minimum Gasteiger partial charge on any atom is -0.508 e. The highest BCUT2D eigenvalue weighted by atomic mass is 32.2. The summed E-state index contributed by atoms with van der Waals surface area (Å²) >= 11 is 0. The number of carbonyl (C=O) groups is 1. The van der Waals surface area contributed by atoms with Crippen LogP contribution in [0.2, 0.25) is 0 Å². The van der Waals surface area contributed by atoms with E-state index in [0.717, 1.165) is 28.7 Å². The number of ketones is 1. The van der Waals surface area contributed by atoms with E-state index in [4.69, 9.17) is 9.29 Å². The van der Waals surface area contributed by atoms with Gasteiger partial charge in [0.05, 0.1) is 5.75 Å². The maximum Gasteiger partial charge on any atom is 0.264 e. The molecule has 0 aliphatic heterocycles. The zero-order valence-electron chi connectivity index (χ0n) is 17.9. The number of hydrogen-bond donors (Lipinski definition) is 2. The molecule has 7 heteroatoms. The monoisotopic (exact) mass is 434 g/mol. The van der Waals surface area contributed by atoms with Crippen molar-refractivity contribution >= 4 is 15.9 Å². The van der Waals surface area contributed by atoms with Gasteiger partial charge in [-0.1, -0.05) is 26.0 Å². The van der Waals surface area contributed by atoms with E-state index in [-0.39, 0.29) is 31.1 Å². The second kappa shape index (κ2) is 10.1. The number of ether oxygens (including phenoxy) is 1. The van der Waals surface area contributed by atoms with E-state index in [0.29, 0.717) is 11.5 Å². The Bertz CT molecular complexity index is 985. The quantitative estimate of drug-likeness (QED) is 0.540. The van der Waals surface area contributed by atoms with Crippen LogP contribution in [0.3, 0.4) is 0 Å². The van der Waals surface area contributed by atoms with Crippen molar-refractivity contribution in [3.05, 3.63) is 58.1 Å². The first kappa shape index (κ1) is 23.9. The number of phenolic OH excluding ortho intramolecular Hbond substituents is 1. The Morgan fingerprint density at radius 1 is 1.10 bits per heavy atom. The third-order valence-electron chi connectivity index (χ3n) is 5.02. The molecule has 0 saturated heterocycles. The van der Waals surface area contributed by atoms with E-state index in [1.807, 2.05) is 52.0 Å². The van der Waals surface area contributed by atoms with Crippen molar-refractivity contribution in [3.63, 3.8) is 0 Å². The molecule has 0 fully saturated rings. The van der Waals surface area contributed by atoms with E-state index < -0.39 is 15.9 Å². The summed E-state index contributed by atoms with van der Waals surface area (Å²) in [5, 5.41) is 10.0. The van der Waals surface area contributed by atoms with Gasteiger partial charge in [0.25, 0.3) is 10.1 Å². The van der Waals surface area contributed by atoms with Gasteiger partial charge < -0.3 is 9.84 Å². The molecular formula is C23H30O6S. The lowest BCUT2D eigenvalue weighted by molar-refractivity contribution is -0.121. The molecule has 0 bridgehead atoms. The third kappa shape index (κ3) is 7.15. The Morgan fingerprint density at radius 2 is 1.73 bits per heavy atom. The number of rotatable bonds is 10. The van der Waals surface area contributed by atoms with Crippen LogP contribution in [0.4, 0.5) is 0 Å². The van der Waals surface area contributed by atoms with Crippen molar-refractivity contribution in [1.29, 1.82) is 0 Å². The molecule has 0 atom stereocenters. The first-order valence-electron chi connectivity index (χ1n) is 9.98. The van der Waals surface area contributed by atoms with Crippen LogP contribution in [-0.4, -0.2) is 36.2 Å². The smallest absolute Gasteiger partial charge is 0.264 e. The van der Waals surface area contributed by atoms with Crippen LogP contribution >= 0.6 is 0 Å². The molecule has 2 rings (SSSR count). The normalized spacial score (nSPS) is 11.7. The summed E-state index contributed by atoms with van der Waals surface area (Å²) < 4.78 is 35.7. The molecule has 6 nitrogen and oxygen atoms in total. The van der Waals surface area contributed by atoms with Crippen molar-refractivity contribution in [2.75, 3.05) is 12.4 Å². The molecule has 0 aliphatic rings. The number of hydrogen-bond acceptors (Lipinski definition) is 5. The van der Waals surface area contributed by atoms with Crippen LogP contribution in [0.25, 0.3) is 0 Å². The van der Waals surface area contributed by atoms with Crippen molar-refractivity contribution in [2.24, 2.45) is 0 Å². The largest absolute Gasteiger partial charge is 0.508 e. The highest BCUT2D eigenvalue weighted by molar-refractivity contribution is 7.85. The van der Waals surface area contributed by atoms with Crippen molar-refractivity contribution in [2.45, 2.75) is 52.9 Å². The van der Waals surface area contributed by atoms with Gasteiger partial charge in [-0.15, -0.1) is 0 Å². The van der Waals surface area contributed by atoms with E-state index in [9.17, 15) is 18.3 Å². The Labute approximate surface area is 178 Å². The van der Waals surface area contributed by atoms with Crippen LogP contribution in [0.1, 0.15) is 60.4 Å². The second-order valence-corrected chi connectivity index (χ2v) is 9.55. The van der Waals surface area contributed by atoms with E-state index in [1.54, 1.807) is 6.07 Å². The number of phenols is 1. The lowest BCUT2D eigenvalue weighted by Gasteiger charge is -2.15. The number of Topliss-reactive ketones (excluding diaryl/α,β-unsaturated/α-hetero) is 1. The first-order chi connectivity index (χ1) is 14.0. The van der Waals surface area contributed by atoms with Gasteiger partial charge in [-0.05, 0) is 78.6 Å². The first-order valence-corrected chi connectivity index (χ1v) is 11.6. The van der Waals surface area contributed by atoms with Gasteiger partial charge in [-0.2, -0.15) is 8.42 Å². The molecular weight excluding hydrogens is 404 g/mol. The molecule has 0 amide bonds. The van der Waals surface area contributed by atoms with Gasteiger partial charge >= 0.3 is 0 Å². The van der Waals surface area contributed by atoms with Crippen LogP contribution in [-0.2, 0) is 21.3 Å². The number of aromatic hydroxyl groups is 1. The highest BCUT2D eigenvalue weighted by Gasteiger charge is 2.12. The number of benzene rings is 2. The maximum atomic E-state index is 11.9. The molecule has 0 saturated carbocycles. The second-order valence-electron chi connectivity index (χ2n) is 7.98. The average molecular weight is 435 g/mol. The molecule has 2 aromatic carbocycles. The standard InChI is InChI=1S/C23H30O6S/c1-15(2)21-12-18(7-8-23(21)25)13-22-16(3)10-20(11-17(22)4)29-14-19(24)6-5-9-30(26,27)28/h7-8,10-12,15,25H,5-6,9,13-14H2,1-4H3,(H,26,27,28). The molecule has 0 radical (unpaired) electrons. The predicted molar refractivity (Wildman–Crippen MR) is 117 cm³/mol. The molecule has 164 valence electrons. The zero-order valence-corrected chi connectivity index (χ0v) is 18.8. The molecule has 0 spiro atoms. The third-order valence-corrected chi connectivity index (χ3v) is 5.83. The van der Waals surface area contributed by atoms with Gasteiger partial charge in [-0.3, -0.25) is 9.35 Å². The van der Waals surface area contributed by atoms with Crippen LogP contribution in [0.15, 0.2) is 30.3 Å². The van der Waals surface area contributed by atoms with Gasteiger partial charge in [0.1, 0.15) is 18.1 Å². The van der Waals surface area contributed by atoms with Crippen molar-refractivity contribution < 1.29 is 27.6 Å². The summed E-state index contributed by atoms with van der Waals surface area (Å²) in [4.78, 5) is 11.9. The van der Waals surface area contributed by atoms with Gasteiger partial charge in [0.15, 0.2) is 5.78 Å². The lowest BCUT2D eigenvalue weighted by atomic mass is 9.93. The molecule has 30 heavy (non-hydrogen) atoms. The Balaban J connectivity index is 2.03. The van der Waals surface area contributed by atoms with E-state index >= 15 is 0 Å². The van der Waals surface area contributed by atoms with E-state index in [2.05, 4.69) is 0 Å². The minimum absolute atomic E-state index is 0.0366. The van der Waals surface area contributed by atoms with Crippen LogP contribution in [0.5, 0.6) is 11.5 Å². The van der Waals surface area contributed by atoms with Crippen molar-refractivity contribution in [3.8, 4) is 11.5 Å². The summed E-state index contributed by atoms with van der Waals surface area (Å²) in [6.45, 7) is 7.94. The van der Waals surface area contributed by atoms with Gasteiger partial charge in [0.2, 0.25) is 0 Å². The molecule has 0 aromatic heterocycles. The molecule has 0 unspecified atom stereocenters. The fourth-order valence-corrected chi connectivity index (χ4v) is 3.89. The Hall–Kier alpha value is -2.38. The summed E-state index contributed by atoms with van der Waals surface area (Å²) in [5.74, 6) is 0.487. The average Bonchev–Trinajstić information content (AvgIpc) is 2.63. The molecule has 0 aliphatic carbocycles. The topological polar surface area (TPSA) is 101 Å². The number of aryl methyl sites for hydroxylation is 2. The van der Waals surface area contributed by atoms with Gasteiger partial charge in [-0.25, -0.2) is 0 Å². The zero-order chi connectivity index (χ0) is 22.5. The summed E-state index contributed by atoms with van der Waals surface area (Å²) in [7, 11) is -4.05. The van der Waals surface area contributed by atoms with Gasteiger partial charge in [0, 0.05) is 6.42 Å². The lowest BCUT2D eigenvalue weighted by Crippen LogP contribution is -2.13. The summed E-state index contributed by atoms with van der Waals surface area (Å²) in [6.07, 6.45) is 0.838. The van der Waals surface area contributed by atoms with Crippen molar-refractivity contribution in [1.82, 2.24) is 0 Å². The Morgan fingerprint density at radius 3 is 2.30 bits per heavy atom. The minimum atomic E-state index is -4.05. The fourth-order valence-electron chi connectivity index (χ4n) is 3.38. The highest BCUT2D eigenvalue weighted by Crippen LogP contribution is 2.29. The molecule has 0 heterocycles. The molecule has 2 N–H and O–H groups in total. The van der Waals surface area contributed by atoms with E-state index in [1.165, 1.54) is 5.56 Å². The SMILES string of the molecule is Cc1cc(OCC(=O)CCCS(=O)(=O)O)cc(C)c1Cc1ccc(O)c(C(C)C)c1.